The molecule has 1 unspecified atom stereocenters. The number of carbonyl (C=O) groups excluding carboxylic acids is 1. The number of nitrogens with one attached hydrogen (secondary N) is 2. The van der Waals surface area contributed by atoms with Crippen molar-refractivity contribution in [1.82, 2.24) is 15.4 Å². The Kier molecular flexibility index (Phi) is 3.96. The zero-order chi connectivity index (χ0) is 15.7. The second-order valence-corrected chi connectivity index (χ2v) is 6.34. The van der Waals surface area contributed by atoms with Gasteiger partial charge in [0.05, 0.1) is 11.4 Å². The minimum absolute atomic E-state index is 0.0304. The van der Waals surface area contributed by atoms with Crippen LogP contribution in [0.4, 0.5) is 5.69 Å². The van der Waals surface area contributed by atoms with Crippen molar-refractivity contribution in [1.29, 1.82) is 0 Å². The summed E-state index contributed by atoms with van der Waals surface area (Å²) in [5.74, 6) is 0.436. The summed E-state index contributed by atoms with van der Waals surface area (Å²) >= 11 is 0. The highest BCUT2D eigenvalue weighted by atomic mass is 16.1. The fourth-order valence-electron chi connectivity index (χ4n) is 3.08. The lowest BCUT2D eigenvalue weighted by molar-refractivity contribution is -0.120. The topological polar surface area (TPSA) is 70.7 Å². The number of amides is 1. The molecule has 0 bridgehead atoms. The fraction of sp³-hybridized carbons (Fsp3) is 0.471. The van der Waals surface area contributed by atoms with E-state index in [4.69, 9.17) is 0 Å². The van der Waals surface area contributed by atoms with E-state index in [-0.39, 0.29) is 11.8 Å². The molecule has 0 radical (unpaired) electrons. The Labute approximate surface area is 130 Å². The first-order chi connectivity index (χ1) is 10.6. The second-order valence-electron chi connectivity index (χ2n) is 6.34. The van der Waals surface area contributed by atoms with Gasteiger partial charge >= 0.3 is 0 Å². The van der Waals surface area contributed by atoms with Gasteiger partial charge in [0.2, 0.25) is 5.91 Å². The van der Waals surface area contributed by atoms with E-state index in [0.29, 0.717) is 12.3 Å². The second kappa shape index (κ2) is 5.91. The lowest BCUT2D eigenvalue weighted by Crippen LogP contribution is -2.29. The molecule has 2 aromatic rings. The number of aromatic nitrogens is 3. The molecular weight excluding hydrogens is 276 g/mol. The van der Waals surface area contributed by atoms with Crippen LogP contribution >= 0.6 is 0 Å². The lowest BCUT2D eigenvalue weighted by Gasteiger charge is -2.22. The predicted octanol–water partition coefficient (Wildman–Crippen LogP) is 2.98. The van der Waals surface area contributed by atoms with Gasteiger partial charge in [-0.05, 0) is 36.8 Å². The minimum atomic E-state index is -0.0304. The molecule has 0 aliphatic heterocycles. The van der Waals surface area contributed by atoms with Gasteiger partial charge in [-0.3, -0.25) is 4.79 Å². The van der Waals surface area contributed by atoms with E-state index in [1.807, 2.05) is 19.1 Å². The van der Waals surface area contributed by atoms with Crippen LogP contribution in [0.1, 0.15) is 48.7 Å². The van der Waals surface area contributed by atoms with Gasteiger partial charge in [-0.2, -0.15) is 15.4 Å². The van der Waals surface area contributed by atoms with Crippen LogP contribution in [0.15, 0.2) is 18.2 Å². The van der Waals surface area contributed by atoms with Gasteiger partial charge in [-0.1, -0.05) is 32.0 Å². The molecule has 0 spiro atoms. The van der Waals surface area contributed by atoms with Crippen molar-refractivity contribution in [2.45, 2.75) is 46.0 Å². The first kappa shape index (κ1) is 14.8. The number of carbonyl (C=O) groups is 1. The zero-order valence-electron chi connectivity index (χ0n) is 13.3. The molecule has 0 saturated carbocycles. The summed E-state index contributed by atoms with van der Waals surface area (Å²) in [6, 6.07) is 6.17. The van der Waals surface area contributed by atoms with E-state index in [0.717, 1.165) is 35.5 Å². The molecule has 0 fully saturated rings. The van der Waals surface area contributed by atoms with E-state index >= 15 is 0 Å². The fourth-order valence-corrected chi connectivity index (χ4v) is 3.08. The first-order valence-corrected chi connectivity index (χ1v) is 7.85. The average molecular weight is 298 g/mol. The van der Waals surface area contributed by atoms with Crippen LogP contribution in [0.3, 0.4) is 0 Å². The maximum atomic E-state index is 12.7. The van der Waals surface area contributed by atoms with Crippen molar-refractivity contribution >= 4 is 11.6 Å². The van der Waals surface area contributed by atoms with Crippen LogP contribution in [0.25, 0.3) is 0 Å². The third-order valence-electron chi connectivity index (χ3n) is 4.42. The zero-order valence-corrected chi connectivity index (χ0v) is 13.3. The Bertz CT molecular complexity index is 690. The largest absolute Gasteiger partial charge is 0.325 e. The maximum absolute atomic E-state index is 12.7. The number of aromatic amines is 1. The standard InChI is InChI=1S/C17H22N4O/c1-10(2)13-6-4-5-11(3)16(13)18-17(22)12-7-8-14-15(9-12)20-21-19-14/h4-6,10,12H,7-9H2,1-3H3,(H,18,22)(H,19,20,21). The molecule has 5 nitrogen and oxygen atoms in total. The van der Waals surface area contributed by atoms with Crippen LogP contribution < -0.4 is 5.32 Å². The lowest BCUT2D eigenvalue weighted by atomic mass is 9.88. The Morgan fingerprint density at radius 3 is 2.86 bits per heavy atom. The molecule has 1 aliphatic rings. The molecule has 5 heteroatoms. The molecule has 0 saturated heterocycles. The Morgan fingerprint density at radius 2 is 2.09 bits per heavy atom. The summed E-state index contributed by atoms with van der Waals surface area (Å²) < 4.78 is 0. The van der Waals surface area contributed by atoms with Gasteiger partial charge in [-0.15, -0.1) is 0 Å². The van der Waals surface area contributed by atoms with Gasteiger partial charge in [-0.25, -0.2) is 0 Å². The molecule has 2 N–H and O–H groups in total. The highest BCUT2D eigenvalue weighted by molar-refractivity contribution is 5.94. The number of para-hydroxylation sites is 1. The quantitative estimate of drug-likeness (QED) is 0.915. The Hall–Kier alpha value is -2.17. The van der Waals surface area contributed by atoms with Crippen molar-refractivity contribution in [2.24, 2.45) is 5.92 Å². The normalized spacial score (nSPS) is 17.4. The van der Waals surface area contributed by atoms with Crippen molar-refractivity contribution in [3.05, 3.63) is 40.7 Å². The highest BCUT2D eigenvalue weighted by Gasteiger charge is 2.28. The molecule has 1 aliphatic carbocycles. The number of aryl methyl sites for hydroxylation is 2. The molecule has 1 aromatic carbocycles. The van der Waals surface area contributed by atoms with Gasteiger partial charge in [0.1, 0.15) is 0 Å². The monoisotopic (exact) mass is 298 g/mol. The molecular formula is C17H22N4O. The third-order valence-corrected chi connectivity index (χ3v) is 4.42. The third kappa shape index (κ3) is 2.75. The van der Waals surface area contributed by atoms with Crippen LogP contribution in [-0.2, 0) is 17.6 Å². The van der Waals surface area contributed by atoms with Crippen molar-refractivity contribution in [3.8, 4) is 0 Å². The SMILES string of the molecule is Cc1cccc(C(C)C)c1NC(=O)C1CCc2n[nH]nc2C1. The molecule has 1 aromatic heterocycles. The number of anilines is 1. The van der Waals surface area contributed by atoms with Gasteiger partial charge in [0, 0.05) is 18.0 Å². The predicted molar refractivity (Wildman–Crippen MR) is 85.8 cm³/mol. The van der Waals surface area contributed by atoms with Crippen LogP contribution in [0.2, 0.25) is 0 Å². The van der Waals surface area contributed by atoms with Crippen LogP contribution in [-0.4, -0.2) is 21.3 Å². The smallest absolute Gasteiger partial charge is 0.227 e. The molecule has 3 rings (SSSR count). The molecule has 1 heterocycles. The number of nitrogens with zero attached hydrogens (tertiary/aromatic N) is 2. The number of rotatable bonds is 3. The van der Waals surface area contributed by atoms with Gasteiger partial charge in [0.25, 0.3) is 0 Å². The van der Waals surface area contributed by atoms with E-state index in [1.54, 1.807) is 0 Å². The van der Waals surface area contributed by atoms with E-state index in [1.165, 1.54) is 5.56 Å². The maximum Gasteiger partial charge on any atom is 0.227 e. The Morgan fingerprint density at radius 1 is 1.32 bits per heavy atom. The summed E-state index contributed by atoms with van der Waals surface area (Å²) in [7, 11) is 0. The number of benzene rings is 1. The van der Waals surface area contributed by atoms with Crippen molar-refractivity contribution in [3.63, 3.8) is 0 Å². The summed E-state index contributed by atoms with van der Waals surface area (Å²) in [6.07, 6.45) is 2.31. The summed E-state index contributed by atoms with van der Waals surface area (Å²) in [5.41, 5.74) is 5.19. The van der Waals surface area contributed by atoms with E-state index in [9.17, 15) is 4.79 Å². The van der Waals surface area contributed by atoms with Crippen molar-refractivity contribution < 1.29 is 4.79 Å². The number of hydrogen-bond donors (Lipinski definition) is 2. The number of H-pyrrole nitrogens is 1. The van der Waals surface area contributed by atoms with Gasteiger partial charge in [0.15, 0.2) is 0 Å². The first-order valence-electron chi connectivity index (χ1n) is 7.85. The summed E-state index contributed by atoms with van der Waals surface area (Å²) in [4.78, 5) is 12.7. The average Bonchev–Trinajstić information content (AvgIpc) is 2.96. The van der Waals surface area contributed by atoms with Crippen LogP contribution in [0.5, 0.6) is 0 Å². The number of fused-ring (bicyclic) bond motifs is 1. The molecule has 116 valence electrons. The van der Waals surface area contributed by atoms with Crippen molar-refractivity contribution in [2.75, 3.05) is 5.32 Å². The molecule has 1 atom stereocenters. The highest BCUT2D eigenvalue weighted by Crippen LogP contribution is 2.29. The Balaban J connectivity index is 1.78. The van der Waals surface area contributed by atoms with Crippen LogP contribution in [0, 0.1) is 12.8 Å². The minimum Gasteiger partial charge on any atom is -0.325 e. The molecule has 22 heavy (non-hydrogen) atoms. The summed E-state index contributed by atoms with van der Waals surface area (Å²) in [5, 5.41) is 14.1. The molecule has 1 amide bonds. The number of hydrogen-bond acceptors (Lipinski definition) is 3. The van der Waals surface area contributed by atoms with Gasteiger partial charge < -0.3 is 5.32 Å². The van der Waals surface area contributed by atoms with E-state index < -0.39 is 0 Å². The van der Waals surface area contributed by atoms with E-state index in [2.05, 4.69) is 40.6 Å². The summed E-state index contributed by atoms with van der Waals surface area (Å²) in [6.45, 7) is 6.33.